The van der Waals surface area contributed by atoms with E-state index in [1.807, 2.05) is 0 Å². The Hall–Kier alpha value is -2.47. The van der Waals surface area contributed by atoms with Crippen molar-refractivity contribution >= 4 is 5.91 Å². The first-order valence-electron chi connectivity index (χ1n) is 10.3. The number of amides is 1. The summed E-state index contributed by atoms with van der Waals surface area (Å²) >= 11 is 0. The van der Waals surface area contributed by atoms with E-state index in [1.54, 1.807) is 6.07 Å². The first-order chi connectivity index (χ1) is 13.8. The average Bonchev–Trinajstić information content (AvgIpc) is 2.65. The third kappa shape index (κ3) is 5.32. The summed E-state index contributed by atoms with van der Waals surface area (Å²) in [4.78, 5) is 31.3. The van der Waals surface area contributed by atoms with Crippen molar-refractivity contribution in [2.45, 2.75) is 52.4 Å². The van der Waals surface area contributed by atoms with Gasteiger partial charge in [0.1, 0.15) is 5.69 Å². The van der Waals surface area contributed by atoms with Crippen molar-refractivity contribution in [3.05, 3.63) is 62.8 Å². The molecule has 0 aliphatic carbocycles. The highest BCUT2D eigenvalue weighted by Gasteiger charge is 2.35. The molecule has 0 saturated carbocycles. The summed E-state index contributed by atoms with van der Waals surface area (Å²) in [5.41, 5.74) is 3.92. The molecule has 1 amide bonds. The average molecular weight is 398 g/mol. The Labute approximate surface area is 172 Å². The maximum absolute atomic E-state index is 12.8. The van der Waals surface area contributed by atoms with Crippen LogP contribution < -0.4 is 11.0 Å². The molecule has 156 valence electrons. The molecule has 1 aromatic carbocycles. The summed E-state index contributed by atoms with van der Waals surface area (Å²) in [6.07, 6.45) is 2.39. The first kappa shape index (κ1) is 21.2. The van der Waals surface area contributed by atoms with Crippen LogP contribution in [0.15, 0.2) is 29.1 Å². The van der Waals surface area contributed by atoms with Crippen LogP contribution >= 0.6 is 0 Å². The van der Waals surface area contributed by atoms with Crippen molar-refractivity contribution in [1.29, 1.82) is 0 Å². The van der Waals surface area contributed by atoms with E-state index in [4.69, 9.17) is 4.74 Å². The van der Waals surface area contributed by atoms with Crippen LogP contribution in [0.3, 0.4) is 0 Å². The smallest absolute Gasteiger partial charge is 0.345 e. The number of H-pyrrole nitrogens is 1. The summed E-state index contributed by atoms with van der Waals surface area (Å²) in [6, 6.07) is 8.25. The van der Waals surface area contributed by atoms with Crippen LogP contribution in [0, 0.1) is 19.8 Å². The van der Waals surface area contributed by atoms with E-state index in [-0.39, 0.29) is 17.0 Å². The maximum atomic E-state index is 12.8. The van der Waals surface area contributed by atoms with Gasteiger partial charge in [-0.05, 0) is 50.7 Å². The van der Waals surface area contributed by atoms with E-state index in [0.29, 0.717) is 32.1 Å². The highest BCUT2D eigenvalue weighted by molar-refractivity contribution is 5.92. The second kappa shape index (κ2) is 8.91. The highest BCUT2D eigenvalue weighted by Crippen LogP contribution is 2.35. The fraction of sp³-hybridized carbons (Fsp3) is 0.522. The molecule has 0 unspecified atom stereocenters. The molecule has 0 bridgehead atoms. The van der Waals surface area contributed by atoms with Gasteiger partial charge in [-0.25, -0.2) is 4.79 Å². The quantitative estimate of drug-likeness (QED) is 0.785. The number of ether oxygens (including phenoxy) is 1. The van der Waals surface area contributed by atoms with E-state index in [0.717, 1.165) is 18.5 Å². The van der Waals surface area contributed by atoms with Gasteiger partial charge in [-0.1, -0.05) is 43.2 Å². The lowest BCUT2D eigenvalue weighted by molar-refractivity contribution is 0.0486. The van der Waals surface area contributed by atoms with Crippen molar-refractivity contribution in [2.24, 2.45) is 5.92 Å². The summed E-state index contributed by atoms with van der Waals surface area (Å²) in [7, 11) is 0. The van der Waals surface area contributed by atoms with E-state index >= 15 is 0 Å². The second-order valence-electron chi connectivity index (χ2n) is 8.65. The van der Waals surface area contributed by atoms with Crippen LogP contribution in [-0.4, -0.2) is 35.6 Å². The van der Waals surface area contributed by atoms with E-state index in [2.05, 4.69) is 61.2 Å². The number of carbonyl (C=O) groups excluding carboxylic acids is 1. The zero-order chi connectivity index (χ0) is 21.0. The van der Waals surface area contributed by atoms with Gasteiger partial charge in [-0.15, -0.1) is 0 Å². The van der Waals surface area contributed by atoms with Gasteiger partial charge < -0.3 is 15.0 Å². The minimum atomic E-state index is -0.483. The predicted molar refractivity (Wildman–Crippen MR) is 113 cm³/mol. The first-order valence-corrected chi connectivity index (χ1v) is 10.3. The lowest BCUT2D eigenvalue weighted by atomic mass is 9.73. The summed E-state index contributed by atoms with van der Waals surface area (Å²) in [5, 5.41) is 3.04. The lowest BCUT2D eigenvalue weighted by Crippen LogP contribution is -2.45. The van der Waals surface area contributed by atoms with E-state index in [9.17, 15) is 9.59 Å². The summed E-state index contributed by atoms with van der Waals surface area (Å²) < 4.78 is 5.60. The summed E-state index contributed by atoms with van der Waals surface area (Å²) in [6.45, 7) is 10.2. The van der Waals surface area contributed by atoms with E-state index < -0.39 is 5.69 Å². The minimum Gasteiger partial charge on any atom is -0.381 e. The van der Waals surface area contributed by atoms with Gasteiger partial charge in [0.25, 0.3) is 5.91 Å². The molecule has 2 heterocycles. The highest BCUT2D eigenvalue weighted by atomic mass is 16.5. The molecular formula is C23H31N3O3. The van der Waals surface area contributed by atoms with Gasteiger partial charge in [0.05, 0.1) is 0 Å². The predicted octanol–water partition coefficient (Wildman–Crippen LogP) is 3.06. The Morgan fingerprint density at radius 3 is 2.45 bits per heavy atom. The number of aromatic amines is 1. The van der Waals surface area contributed by atoms with Gasteiger partial charge >= 0.3 is 5.69 Å². The van der Waals surface area contributed by atoms with Crippen molar-refractivity contribution in [2.75, 3.05) is 19.8 Å². The van der Waals surface area contributed by atoms with Crippen LogP contribution in [0.25, 0.3) is 0 Å². The molecule has 0 spiro atoms. The molecule has 0 radical (unpaired) electrons. The molecule has 1 aromatic heterocycles. The molecule has 2 N–H and O–H groups in total. The topological polar surface area (TPSA) is 84.1 Å². The number of hydrogen-bond donors (Lipinski definition) is 2. The molecule has 6 nitrogen and oxygen atoms in total. The Kier molecular flexibility index (Phi) is 6.52. The number of carbonyl (C=O) groups is 1. The second-order valence-corrected chi connectivity index (χ2v) is 8.65. The van der Waals surface area contributed by atoms with Crippen molar-refractivity contribution in [1.82, 2.24) is 15.3 Å². The largest absolute Gasteiger partial charge is 0.381 e. The molecule has 0 atom stereocenters. The van der Waals surface area contributed by atoms with Crippen LogP contribution in [-0.2, 0) is 16.6 Å². The number of rotatable bonds is 6. The third-order valence-electron chi connectivity index (χ3n) is 5.53. The van der Waals surface area contributed by atoms with Gasteiger partial charge in [0, 0.05) is 30.9 Å². The number of aromatic nitrogens is 2. The van der Waals surface area contributed by atoms with Crippen molar-refractivity contribution in [3.63, 3.8) is 0 Å². The normalized spacial score (nSPS) is 16.0. The molecule has 6 heteroatoms. The molecular weight excluding hydrogens is 366 g/mol. The van der Waals surface area contributed by atoms with Crippen LogP contribution in [0.2, 0.25) is 0 Å². The minimum absolute atomic E-state index is 0.173. The van der Waals surface area contributed by atoms with Crippen LogP contribution in [0.1, 0.15) is 59.6 Å². The SMILES string of the molecule is Cc1cc(C)cc(C2(CNC(=O)c3cc(CC(C)C)[nH]c(=O)n3)CCOCC2)c1. The zero-order valence-electron chi connectivity index (χ0n) is 17.8. The fourth-order valence-electron chi connectivity index (χ4n) is 4.12. The van der Waals surface area contributed by atoms with Gasteiger partial charge in [-0.3, -0.25) is 4.79 Å². The number of aryl methyl sites for hydroxylation is 2. The number of nitrogens with zero attached hydrogens (tertiary/aromatic N) is 1. The Balaban J connectivity index is 1.82. The Bertz CT molecular complexity index is 907. The van der Waals surface area contributed by atoms with Gasteiger partial charge in [0.2, 0.25) is 0 Å². The van der Waals surface area contributed by atoms with Crippen LogP contribution in [0.5, 0.6) is 0 Å². The number of nitrogens with one attached hydrogen (secondary N) is 2. The third-order valence-corrected chi connectivity index (χ3v) is 5.53. The number of hydrogen-bond acceptors (Lipinski definition) is 4. The molecule has 2 aromatic rings. The van der Waals surface area contributed by atoms with Crippen LogP contribution in [0.4, 0.5) is 0 Å². The molecule has 1 saturated heterocycles. The zero-order valence-corrected chi connectivity index (χ0v) is 17.8. The Morgan fingerprint density at radius 1 is 1.17 bits per heavy atom. The molecule has 3 rings (SSSR count). The number of benzene rings is 1. The van der Waals surface area contributed by atoms with Crippen molar-refractivity contribution < 1.29 is 9.53 Å². The molecule has 1 aliphatic rings. The maximum Gasteiger partial charge on any atom is 0.345 e. The van der Waals surface area contributed by atoms with Gasteiger partial charge in [-0.2, -0.15) is 4.98 Å². The monoisotopic (exact) mass is 397 g/mol. The van der Waals surface area contributed by atoms with Crippen molar-refractivity contribution in [3.8, 4) is 0 Å². The Morgan fingerprint density at radius 2 is 1.83 bits per heavy atom. The molecule has 1 fully saturated rings. The molecule has 29 heavy (non-hydrogen) atoms. The molecule has 1 aliphatic heterocycles. The van der Waals surface area contributed by atoms with E-state index in [1.165, 1.54) is 16.7 Å². The summed E-state index contributed by atoms with van der Waals surface area (Å²) in [5.74, 6) is 0.0652. The van der Waals surface area contributed by atoms with Gasteiger partial charge in [0.15, 0.2) is 0 Å². The lowest BCUT2D eigenvalue weighted by Gasteiger charge is -2.38. The standard InChI is InChI=1S/C23H31N3O3/c1-15(2)9-19-13-20(26-22(28)25-19)21(27)24-14-23(5-7-29-8-6-23)18-11-16(3)10-17(4)12-18/h10-13,15H,5-9,14H2,1-4H3,(H,24,27)(H,25,26,28). The fourth-order valence-corrected chi connectivity index (χ4v) is 4.12.